The van der Waals surface area contributed by atoms with Gasteiger partial charge >= 0.3 is 5.97 Å². The molecule has 0 aromatic heterocycles. The molecule has 4 heteroatoms. The molecular formula is C15H25NO3. The minimum absolute atomic E-state index is 0.0892. The summed E-state index contributed by atoms with van der Waals surface area (Å²) in [5, 5.41) is 9.26. The number of hydrogen-bond donors (Lipinski definition) is 1. The lowest BCUT2D eigenvalue weighted by Gasteiger charge is -2.34. The summed E-state index contributed by atoms with van der Waals surface area (Å²) in [5.74, 6) is -0.375. The Morgan fingerprint density at radius 3 is 2.26 bits per heavy atom. The van der Waals surface area contributed by atoms with Crippen molar-refractivity contribution in [1.29, 1.82) is 0 Å². The SMILES string of the molecule is CCC1CCN(C(=O)C2CC(C)CC2C(=O)O)CC1. The van der Waals surface area contributed by atoms with E-state index in [1.54, 1.807) is 0 Å². The zero-order valence-corrected chi connectivity index (χ0v) is 12.0. The van der Waals surface area contributed by atoms with Crippen molar-refractivity contribution in [3.63, 3.8) is 0 Å². The Balaban J connectivity index is 1.97. The molecule has 0 spiro atoms. The summed E-state index contributed by atoms with van der Waals surface area (Å²) in [6.45, 7) is 5.87. The van der Waals surface area contributed by atoms with Crippen LogP contribution in [0.1, 0.15) is 46.0 Å². The van der Waals surface area contributed by atoms with Gasteiger partial charge in [0.25, 0.3) is 0 Å². The number of carboxylic acids is 1. The molecule has 0 aromatic rings. The summed E-state index contributed by atoms with van der Waals surface area (Å²) < 4.78 is 0. The Bertz CT molecular complexity index is 347. The van der Waals surface area contributed by atoms with Crippen molar-refractivity contribution >= 4 is 11.9 Å². The van der Waals surface area contributed by atoms with Crippen LogP contribution < -0.4 is 0 Å². The van der Waals surface area contributed by atoms with E-state index in [0.717, 1.165) is 38.3 Å². The van der Waals surface area contributed by atoms with Gasteiger partial charge in [0.2, 0.25) is 5.91 Å². The second-order valence-corrected chi connectivity index (χ2v) is 6.30. The predicted molar refractivity (Wildman–Crippen MR) is 72.6 cm³/mol. The van der Waals surface area contributed by atoms with Crippen LogP contribution in [-0.2, 0) is 9.59 Å². The van der Waals surface area contributed by atoms with Gasteiger partial charge in [-0.3, -0.25) is 9.59 Å². The minimum Gasteiger partial charge on any atom is -0.481 e. The molecule has 108 valence electrons. The van der Waals surface area contributed by atoms with Crippen LogP contribution in [0.2, 0.25) is 0 Å². The molecule has 19 heavy (non-hydrogen) atoms. The molecule has 2 aliphatic rings. The van der Waals surface area contributed by atoms with Gasteiger partial charge in [-0.1, -0.05) is 20.3 Å². The van der Waals surface area contributed by atoms with Crippen molar-refractivity contribution < 1.29 is 14.7 Å². The van der Waals surface area contributed by atoms with E-state index in [4.69, 9.17) is 0 Å². The quantitative estimate of drug-likeness (QED) is 0.854. The largest absolute Gasteiger partial charge is 0.481 e. The van der Waals surface area contributed by atoms with Crippen LogP contribution in [0.4, 0.5) is 0 Å². The highest BCUT2D eigenvalue weighted by Gasteiger charge is 2.43. The zero-order chi connectivity index (χ0) is 14.0. The van der Waals surface area contributed by atoms with E-state index in [0.29, 0.717) is 12.3 Å². The van der Waals surface area contributed by atoms with Gasteiger partial charge in [0, 0.05) is 13.1 Å². The maximum absolute atomic E-state index is 12.5. The van der Waals surface area contributed by atoms with E-state index in [1.807, 2.05) is 11.8 Å². The number of carbonyl (C=O) groups excluding carboxylic acids is 1. The maximum atomic E-state index is 12.5. The first-order chi connectivity index (χ1) is 9.02. The minimum atomic E-state index is -0.800. The summed E-state index contributed by atoms with van der Waals surface area (Å²) in [4.78, 5) is 25.7. The monoisotopic (exact) mass is 267 g/mol. The highest BCUT2D eigenvalue weighted by molar-refractivity contribution is 5.85. The third kappa shape index (κ3) is 3.10. The molecule has 0 radical (unpaired) electrons. The second-order valence-electron chi connectivity index (χ2n) is 6.30. The number of carbonyl (C=O) groups is 2. The fourth-order valence-electron chi connectivity index (χ4n) is 3.63. The van der Waals surface area contributed by atoms with Crippen LogP contribution in [0.15, 0.2) is 0 Å². The third-order valence-corrected chi connectivity index (χ3v) is 4.94. The zero-order valence-electron chi connectivity index (χ0n) is 12.0. The van der Waals surface area contributed by atoms with Gasteiger partial charge in [-0.05, 0) is 37.5 Å². The molecule has 1 heterocycles. The normalized spacial score (nSPS) is 32.5. The molecular weight excluding hydrogens is 242 g/mol. The standard InChI is InChI=1S/C15H25NO3/c1-3-11-4-6-16(7-5-11)14(17)12-8-10(2)9-13(12)15(18)19/h10-13H,3-9H2,1-2H3,(H,18,19). The van der Waals surface area contributed by atoms with Gasteiger partial charge in [0.1, 0.15) is 0 Å². The van der Waals surface area contributed by atoms with Crippen molar-refractivity contribution in [3.8, 4) is 0 Å². The predicted octanol–water partition coefficient (Wildman–Crippen LogP) is 2.38. The first-order valence-corrected chi connectivity index (χ1v) is 7.54. The molecule has 3 atom stereocenters. The van der Waals surface area contributed by atoms with Gasteiger partial charge in [-0.25, -0.2) is 0 Å². The molecule has 1 N–H and O–H groups in total. The number of hydrogen-bond acceptors (Lipinski definition) is 2. The Kier molecular flexibility index (Phi) is 4.48. The topological polar surface area (TPSA) is 57.6 Å². The number of likely N-dealkylation sites (tertiary alicyclic amines) is 1. The average molecular weight is 267 g/mol. The molecule has 1 aliphatic carbocycles. The van der Waals surface area contributed by atoms with E-state index < -0.39 is 11.9 Å². The van der Waals surface area contributed by atoms with Crippen LogP contribution in [0.5, 0.6) is 0 Å². The lowest BCUT2D eigenvalue weighted by Crippen LogP contribution is -2.43. The molecule has 4 nitrogen and oxygen atoms in total. The molecule has 1 saturated carbocycles. The van der Waals surface area contributed by atoms with Crippen molar-refractivity contribution in [2.75, 3.05) is 13.1 Å². The van der Waals surface area contributed by atoms with Gasteiger partial charge in [-0.15, -0.1) is 0 Å². The molecule has 1 aliphatic heterocycles. The van der Waals surface area contributed by atoms with Crippen LogP contribution in [0, 0.1) is 23.7 Å². The van der Waals surface area contributed by atoms with Crippen LogP contribution in [0.25, 0.3) is 0 Å². The van der Waals surface area contributed by atoms with Crippen LogP contribution in [0.3, 0.4) is 0 Å². The Morgan fingerprint density at radius 1 is 1.16 bits per heavy atom. The van der Waals surface area contributed by atoms with E-state index in [1.165, 1.54) is 6.42 Å². The van der Waals surface area contributed by atoms with E-state index in [9.17, 15) is 14.7 Å². The average Bonchev–Trinajstić information content (AvgIpc) is 2.80. The number of nitrogens with zero attached hydrogens (tertiary/aromatic N) is 1. The Labute approximate surface area is 115 Å². The Morgan fingerprint density at radius 2 is 1.74 bits per heavy atom. The van der Waals surface area contributed by atoms with Crippen molar-refractivity contribution in [1.82, 2.24) is 4.90 Å². The first-order valence-electron chi connectivity index (χ1n) is 7.54. The first kappa shape index (κ1) is 14.4. The number of carboxylic acid groups (broad SMARTS) is 1. The number of amides is 1. The molecule has 2 fully saturated rings. The number of rotatable bonds is 3. The Hall–Kier alpha value is -1.06. The molecule has 3 unspecified atom stereocenters. The van der Waals surface area contributed by atoms with E-state index >= 15 is 0 Å². The highest BCUT2D eigenvalue weighted by Crippen LogP contribution is 2.38. The number of aliphatic carboxylic acids is 1. The molecule has 0 aromatic carbocycles. The lowest BCUT2D eigenvalue weighted by atomic mass is 9.91. The molecule has 0 bridgehead atoms. The molecule has 1 saturated heterocycles. The maximum Gasteiger partial charge on any atom is 0.307 e. The molecule has 2 rings (SSSR count). The third-order valence-electron chi connectivity index (χ3n) is 4.94. The number of piperidine rings is 1. The smallest absolute Gasteiger partial charge is 0.307 e. The van der Waals surface area contributed by atoms with Crippen LogP contribution in [-0.4, -0.2) is 35.0 Å². The summed E-state index contributed by atoms with van der Waals surface area (Å²) >= 11 is 0. The summed E-state index contributed by atoms with van der Waals surface area (Å²) in [5.41, 5.74) is 0. The fraction of sp³-hybridized carbons (Fsp3) is 0.867. The molecule has 1 amide bonds. The second kappa shape index (κ2) is 5.93. The van der Waals surface area contributed by atoms with Gasteiger partial charge < -0.3 is 10.0 Å². The van der Waals surface area contributed by atoms with Gasteiger partial charge in [-0.2, -0.15) is 0 Å². The van der Waals surface area contributed by atoms with Gasteiger partial charge in [0.05, 0.1) is 11.8 Å². The van der Waals surface area contributed by atoms with Crippen molar-refractivity contribution in [2.45, 2.75) is 46.0 Å². The van der Waals surface area contributed by atoms with Crippen LogP contribution >= 0.6 is 0 Å². The highest BCUT2D eigenvalue weighted by atomic mass is 16.4. The summed E-state index contributed by atoms with van der Waals surface area (Å²) in [6, 6.07) is 0. The summed E-state index contributed by atoms with van der Waals surface area (Å²) in [7, 11) is 0. The lowest BCUT2D eigenvalue weighted by molar-refractivity contribution is -0.149. The van der Waals surface area contributed by atoms with E-state index in [-0.39, 0.29) is 11.8 Å². The summed E-state index contributed by atoms with van der Waals surface area (Å²) in [6.07, 6.45) is 4.71. The fourth-order valence-corrected chi connectivity index (χ4v) is 3.63. The van der Waals surface area contributed by atoms with Crippen molar-refractivity contribution in [2.24, 2.45) is 23.7 Å². The van der Waals surface area contributed by atoms with Gasteiger partial charge in [0.15, 0.2) is 0 Å². The van der Waals surface area contributed by atoms with Crippen molar-refractivity contribution in [3.05, 3.63) is 0 Å². The van der Waals surface area contributed by atoms with E-state index in [2.05, 4.69) is 6.92 Å².